The molecule has 0 aliphatic heterocycles. The van der Waals surface area contributed by atoms with E-state index in [1.54, 1.807) is 36.4 Å². The summed E-state index contributed by atoms with van der Waals surface area (Å²) in [4.78, 5) is 0. The highest BCUT2D eigenvalue weighted by atomic mass is 32.2. The Morgan fingerprint density at radius 3 is 2.26 bits per heavy atom. The van der Waals surface area contributed by atoms with E-state index in [0.29, 0.717) is 24.7 Å². The zero-order chi connectivity index (χ0) is 24.9. The van der Waals surface area contributed by atoms with Gasteiger partial charge >= 0.3 is 10.1 Å². The van der Waals surface area contributed by atoms with Crippen molar-refractivity contribution in [1.29, 1.82) is 0 Å². The topological polar surface area (TPSA) is 82.1 Å². The third-order valence-corrected chi connectivity index (χ3v) is 5.62. The Balaban J connectivity index is 1.88. The highest BCUT2D eigenvalue weighted by Crippen LogP contribution is 2.36. The van der Waals surface area contributed by atoms with Crippen molar-refractivity contribution < 1.29 is 27.2 Å². The first-order chi connectivity index (χ1) is 16.0. The predicted octanol–water partition coefficient (Wildman–Crippen LogP) is 5.94. The molecule has 6 nitrogen and oxygen atoms in total. The summed E-state index contributed by atoms with van der Waals surface area (Å²) in [7, 11) is -3.73. The van der Waals surface area contributed by atoms with E-state index in [0.717, 1.165) is 39.6 Å². The molecule has 3 aromatic rings. The van der Waals surface area contributed by atoms with Crippen molar-refractivity contribution >= 4 is 10.1 Å². The molecule has 0 aliphatic carbocycles. The normalized spacial score (nSPS) is 11.1. The Kier molecular flexibility index (Phi) is 7.89. The first-order valence-electron chi connectivity index (χ1n) is 10.8. The van der Waals surface area contributed by atoms with Gasteiger partial charge in [-0.25, -0.2) is 0 Å². The molecule has 0 saturated carbocycles. The van der Waals surface area contributed by atoms with Crippen LogP contribution in [0.4, 0.5) is 0 Å². The third kappa shape index (κ3) is 7.02. The van der Waals surface area contributed by atoms with Gasteiger partial charge < -0.3 is 18.8 Å². The first-order valence-corrected chi connectivity index (χ1v) is 12.7. The minimum Gasteiger partial charge on any atom is -0.508 e. The maximum absolute atomic E-state index is 11.8. The maximum Gasteiger partial charge on any atom is 0.306 e. The Bertz CT molecular complexity index is 1290. The van der Waals surface area contributed by atoms with Crippen molar-refractivity contribution in [1.82, 2.24) is 0 Å². The van der Waals surface area contributed by atoms with Crippen LogP contribution in [-0.4, -0.2) is 26.4 Å². The molecule has 3 rings (SSSR count). The molecule has 0 bridgehead atoms. The predicted molar refractivity (Wildman–Crippen MR) is 134 cm³/mol. The molecule has 0 heterocycles. The Morgan fingerprint density at radius 2 is 1.62 bits per heavy atom. The number of ether oxygens (including phenoxy) is 2. The van der Waals surface area contributed by atoms with Gasteiger partial charge in [0.2, 0.25) is 0 Å². The number of hydrogen-bond donors (Lipinski definition) is 1. The molecule has 1 N–H and O–H groups in total. The summed E-state index contributed by atoms with van der Waals surface area (Å²) in [6, 6.07) is 16.0. The van der Waals surface area contributed by atoms with E-state index in [1.807, 2.05) is 45.9 Å². The maximum atomic E-state index is 11.8. The summed E-state index contributed by atoms with van der Waals surface area (Å²) in [6.45, 7) is 8.63. The van der Waals surface area contributed by atoms with Crippen LogP contribution < -0.4 is 13.7 Å². The van der Waals surface area contributed by atoms with Crippen molar-refractivity contribution in [2.75, 3.05) is 12.9 Å². The quantitative estimate of drug-likeness (QED) is 0.300. The minimum atomic E-state index is -3.73. The van der Waals surface area contributed by atoms with Crippen molar-refractivity contribution in [3.8, 4) is 34.1 Å². The second-order valence-corrected chi connectivity index (χ2v) is 9.99. The summed E-state index contributed by atoms with van der Waals surface area (Å²) in [6.07, 6.45) is 2.92. The molecule has 0 aliphatic rings. The summed E-state index contributed by atoms with van der Waals surface area (Å²) < 4.78 is 40.5. The summed E-state index contributed by atoms with van der Waals surface area (Å²) in [5.74, 6) is 1.38. The lowest BCUT2D eigenvalue weighted by Gasteiger charge is -2.16. The third-order valence-electron chi connectivity index (χ3n) is 5.14. The van der Waals surface area contributed by atoms with Crippen LogP contribution in [0.1, 0.15) is 30.5 Å². The number of aromatic hydroxyl groups is 1. The largest absolute Gasteiger partial charge is 0.508 e. The van der Waals surface area contributed by atoms with E-state index in [4.69, 9.17) is 13.7 Å². The monoisotopic (exact) mass is 482 g/mol. The average Bonchev–Trinajstić information content (AvgIpc) is 2.75. The van der Waals surface area contributed by atoms with Gasteiger partial charge in [0.05, 0.1) is 6.26 Å². The van der Waals surface area contributed by atoms with Gasteiger partial charge in [0.15, 0.2) is 11.5 Å². The van der Waals surface area contributed by atoms with E-state index in [9.17, 15) is 13.5 Å². The fourth-order valence-corrected chi connectivity index (χ4v) is 3.82. The van der Waals surface area contributed by atoms with Gasteiger partial charge in [-0.1, -0.05) is 23.8 Å². The van der Waals surface area contributed by atoms with Crippen LogP contribution in [-0.2, 0) is 16.7 Å². The molecule has 0 spiro atoms. The zero-order valence-corrected chi connectivity index (χ0v) is 20.9. The summed E-state index contributed by atoms with van der Waals surface area (Å²) in [5, 5.41) is 9.42. The highest BCUT2D eigenvalue weighted by molar-refractivity contribution is 7.86. The lowest BCUT2D eigenvalue weighted by molar-refractivity contribution is 0.305. The SMILES string of the molecule is CC(C)=CCOc1ccc(-c2cc(C)c(COc3ccc(O)cc3)cc2C)cc1OS(C)(=O)=O. The van der Waals surface area contributed by atoms with Gasteiger partial charge in [-0.2, -0.15) is 8.42 Å². The number of aryl methyl sites for hydroxylation is 2. The van der Waals surface area contributed by atoms with Gasteiger partial charge in [-0.05, 0) is 98.0 Å². The van der Waals surface area contributed by atoms with Crippen LogP contribution >= 0.6 is 0 Å². The molecule has 0 atom stereocenters. The Labute approximate surface area is 201 Å². The standard InChI is InChI=1S/C27H30O6S/c1-18(2)12-13-31-26-11-6-21(16-27(26)33-34(5,29)30)25-15-19(3)22(14-20(25)4)17-32-24-9-7-23(28)8-10-24/h6-12,14-16,28H,13,17H2,1-5H3. The molecule has 0 unspecified atom stereocenters. The molecule has 0 fully saturated rings. The van der Waals surface area contributed by atoms with Crippen LogP contribution in [0, 0.1) is 13.8 Å². The van der Waals surface area contributed by atoms with Gasteiger partial charge in [-0.15, -0.1) is 0 Å². The lowest BCUT2D eigenvalue weighted by Crippen LogP contribution is -2.08. The molecule has 0 amide bonds. The van der Waals surface area contributed by atoms with E-state index >= 15 is 0 Å². The Hall–Kier alpha value is -3.45. The number of phenolic OH excluding ortho intramolecular Hbond substituents is 1. The smallest absolute Gasteiger partial charge is 0.306 e. The molecule has 7 heteroatoms. The second-order valence-electron chi connectivity index (χ2n) is 8.42. The van der Waals surface area contributed by atoms with Gasteiger partial charge in [0.25, 0.3) is 0 Å². The number of rotatable bonds is 9. The molecule has 180 valence electrons. The molecule has 3 aromatic carbocycles. The van der Waals surface area contributed by atoms with Crippen LogP contribution in [0.15, 0.2) is 66.2 Å². The molecule has 0 saturated heterocycles. The van der Waals surface area contributed by atoms with Gasteiger partial charge in [0, 0.05) is 0 Å². The van der Waals surface area contributed by atoms with Crippen LogP contribution in [0.2, 0.25) is 0 Å². The van der Waals surface area contributed by atoms with E-state index in [2.05, 4.69) is 6.07 Å². The van der Waals surface area contributed by atoms with Crippen molar-refractivity contribution in [3.05, 3.63) is 82.9 Å². The average molecular weight is 483 g/mol. The molecule has 34 heavy (non-hydrogen) atoms. The summed E-state index contributed by atoms with van der Waals surface area (Å²) in [5.41, 5.74) is 5.96. The first kappa shape index (κ1) is 25.2. The molecule has 0 aromatic heterocycles. The Morgan fingerprint density at radius 1 is 0.912 bits per heavy atom. The fraction of sp³-hybridized carbons (Fsp3) is 0.259. The van der Waals surface area contributed by atoms with Crippen molar-refractivity contribution in [3.63, 3.8) is 0 Å². The minimum absolute atomic E-state index is 0.152. The van der Waals surface area contributed by atoms with Gasteiger partial charge in [0.1, 0.15) is 24.7 Å². The lowest BCUT2D eigenvalue weighted by atomic mass is 9.95. The molecular formula is C27H30O6S. The van der Waals surface area contributed by atoms with E-state index in [-0.39, 0.29) is 11.5 Å². The number of phenols is 1. The van der Waals surface area contributed by atoms with Crippen LogP contribution in [0.3, 0.4) is 0 Å². The molecule has 0 radical (unpaired) electrons. The van der Waals surface area contributed by atoms with Crippen molar-refractivity contribution in [2.45, 2.75) is 34.3 Å². The van der Waals surface area contributed by atoms with Crippen LogP contribution in [0.5, 0.6) is 23.0 Å². The van der Waals surface area contributed by atoms with E-state index in [1.165, 1.54) is 0 Å². The molecular weight excluding hydrogens is 452 g/mol. The van der Waals surface area contributed by atoms with E-state index < -0.39 is 10.1 Å². The number of allylic oxidation sites excluding steroid dienone is 1. The fourth-order valence-electron chi connectivity index (χ4n) is 3.37. The highest BCUT2D eigenvalue weighted by Gasteiger charge is 2.15. The van der Waals surface area contributed by atoms with Gasteiger partial charge in [-0.3, -0.25) is 0 Å². The number of hydrogen-bond acceptors (Lipinski definition) is 6. The summed E-state index contributed by atoms with van der Waals surface area (Å²) >= 11 is 0. The van der Waals surface area contributed by atoms with Crippen molar-refractivity contribution in [2.24, 2.45) is 0 Å². The van der Waals surface area contributed by atoms with Crippen LogP contribution in [0.25, 0.3) is 11.1 Å². The second kappa shape index (κ2) is 10.7. The zero-order valence-electron chi connectivity index (χ0n) is 20.1. The number of benzene rings is 3.